The van der Waals surface area contributed by atoms with Gasteiger partial charge in [-0.05, 0) is 30.0 Å². The van der Waals surface area contributed by atoms with E-state index in [0.29, 0.717) is 11.4 Å². The van der Waals surface area contributed by atoms with Crippen molar-refractivity contribution >= 4 is 46.0 Å². The average Bonchev–Trinajstić information content (AvgIpc) is 3.00. The van der Waals surface area contributed by atoms with E-state index in [0.717, 1.165) is 4.90 Å². The summed E-state index contributed by atoms with van der Waals surface area (Å²) in [5.41, 5.74) is 0. The first-order valence-electron chi connectivity index (χ1n) is 6.59. The molecule has 7 nitrogen and oxygen atoms in total. The molecule has 1 aliphatic heterocycles. The summed E-state index contributed by atoms with van der Waals surface area (Å²) in [7, 11) is 0. The van der Waals surface area contributed by atoms with Gasteiger partial charge in [-0.2, -0.15) is 0 Å². The summed E-state index contributed by atoms with van der Waals surface area (Å²) in [6, 6.07) is 1.52. The molecule has 0 aliphatic carbocycles. The summed E-state index contributed by atoms with van der Waals surface area (Å²) in [4.78, 5) is 50.1. The molecule has 9 heteroatoms. The number of urea groups is 1. The van der Waals surface area contributed by atoms with Crippen LogP contribution in [0.25, 0.3) is 0 Å². The monoisotopic (exact) mass is 343 g/mol. The van der Waals surface area contributed by atoms with Crippen LogP contribution < -0.4 is 5.32 Å². The predicted molar refractivity (Wildman–Crippen MR) is 80.4 cm³/mol. The molecule has 4 amide bonds. The Kier molecular flexibility index (Phi) is 5.15. The summed E-state index contributed by atoms with van der Waals surface area (Å²) in [6.07, 6.45) is 0. The molecule has 2 heterocycles. The molecule has 118 valence electrons. The van der Waals surface area contributed by atoms with Crippen molar-refractivity contribution in [2.75, 3.05) is 19.6 Å². The average molecular weight is 344 g/mol. The number of nitrogens with one attached hydrogen (secondary N) is 1. The SMILES string of the molecule is CCN1CCN(C(=O)NC(C(=O)Cl)c2cccs2)C(=O)C1=O. The highest BCUT2D eigenvalue weighted by Gasteiger charge is 2.36. The molecule has 0 bridgehead atoms. The maximum absolute atomic E-state index is 12.2. The molecule has 0 spiro atoms. The number of rotatable bonds is 4. The molecule has 1 aromatic rings. The predicted octanol–water partition coefficient (Wildman–Crippen LogP) is 0.955. The number of carbonyl (C=O) groups is 4. The molecule has 1 N–H and O–H groups in total. The number of hydrogen-bond acceptors (Lipinski definition) is 5. The van der Waals surface area contributed by atoms with E-state index in [2.05, 4.69) is 5.32 Å². The van der Waals surface area contributed by atoms with Crippen LogP contribution in [0.2, 0.25) is 0 Å². The highest BCUT2D eigenvalue weighted by atomic mass is 35.5. The molecule has 1 saturated heterocycles. The molecule has 0 aromatic carbocycles. The molecule has 1 aromatic heterocycles. The molecular weight excluding hydrogens is 330 g/mol. The standard InChI is InChI=1S/C13H14ClN3O4S/c1-2-16-5-6-17(12(20)11(16)19)13(21)15-9(10(14)18)8-4-3-7-22-8/h3-4,7,9H,2,5-6H2,1H3,(H,15,21). The van der Waals surface area contributed by atoms with Gasteiger partial charge in [-0.1, -0.05) is 6.07 Å². The van der Waals surface area contributed by atoms with Crippen molar-refractivity contribution in [1.82, 2.24) is 15.1 Å². The van der Waals surface area contributed by atoms with Crippen molar-refractivity contribution in [3.8, 4) is 0 Å². The van der Waals surface area contributed by atoms with Crippen molar-refractivity contribution in [3.63, 3.8) is 0 Å². The van der Waals surface area contributed by atoms with Crippen LogP contribution in [-0.4, -0.2) is 52.5 Å². The van der Waals surface area contributed by atoms with Crippen LogP contribution in [0.15, 0.2) is 17.5 Å². The Morgan fingerprint density at radius 1 is 1.36 bits per heavy atom. The number of hydrogen-bond donors (Lipinski definition) is 1. The first-order valence-corrected chi connectivity index (χ1v) is 7.85. The van der Waals surface area contributed by atoms with E-state index in [1.54, 1.807) is 24.4 Å². The quantitative estimate of drug-likeness (QED) is 0.651. The van der Waals surface area contributed by atoms with Crippen LogP contribution in [0.3, 0.4) is 0 Å². The summed E-state index contributed by atoms with van der Waals surface area (Å²) in [5.74, 6) is -1.63. The second kappa shape index (κ2) is 6.89. The van der Waals surface area contributed by atoms with Crippen LogP contribution in [0, 0.1) is 0 Å². The van der Waals surface area contributed by atoms with E-state index in [1.165, 1.54) is 16.2 Å². The van der Waals surface area contributed by atoms with E-state index >= 15 is 0 Å². The third kappa shape index (κ3) is 3.28. The van der Waals surface area contributed by atoms with Gasteiger partial charge < -0.3 is 10.2 Å². The number of piperazine rings is 1. The summed E-state index contributed by atoms with van der Waals surface area (Å²) in [6.45, 7) is 2.50. The lowest BCUT2D eigenvalue weighted by atomic mass is 10.2. The van der Waals surface area contributed by atoms with Gasteiger partial charge in [0.1, 0.15) is 6.04 Å². The molecule has 0 radical (unpaired) electrons. The summed E-state index contributed by atoms with van der Waals surface area (Å²) in [5, 5.41) is 3.37. The van der Waals surface area contributed by atoms with Crippen molar-refractivity contribution in [1.29, 1.82) is 0 Å². The Balaban J connectivity index is 2.10. The second-order valence-corrected chi connectivity index (χ2v) is 5.90. The van der Waals surface area contributed by atoms with Gasteiger partial charge in [-0.25, -0.2) is 4.79 Å². The second-order valence-electron chi connectivity index (χ2n) is 4.54. The fourth-order valence-corrected chi connectivity index (χ4v) is 3.08. The molecule has 1 aliphatic rings. The van der Waals surface area contributed by atoms with Gasteiger partial charge in [-0.15, -0.1) is 11.3 Å². The number of carbonyl (C=O) groups excluding carboxylic acids is 4. The van der Waals surface area contributed by atoms with Gasteiger partial charge >= 0.3 is 17.8 Å². The fourth-order valence-electron chi connectivity index (χ4n) is 2.07. The summed E-state index contributed by atoms with van der Waals surface area (Å²) >= 11 is 6.76. The number of likely N-dealkylation sites (N-methyl/N-ethyl adjacent to an activating group) is 1. The van der Waals surface area contributed by atoms with Crippen molar-refractivity contribution in [2.24, 2.45) is 0 Å². The number of thiophene rings is 1. The highest BCUT2D eigenvalue weighted by Crippen LogP contribution is 2.21. The first-order chi connectivity index (χ1) is 10.5. The zero-order valence-electron chi connectivity index (χ0n) is 11.7. The third-order valence-electron chi connectivity index (χ3n) is 3.26. The minimum absolute atomic E-state index is 0.0812. The van der Waals surface area contributed by atoms with Crippen LogP contribution in [0.1, 0.15) is 17.8 Å². The topological polar surface area (TPSA) is 86.8 Å². The van der Waals surface area contributed by atoms with Gasteiger partial charge in [0.2, 0.25) is 5.24 Å². The zero-order chi connectivity index (χ0) is 16.3. The number of imide groups is 1. The number of halogens is 1. The van der Waals surface area contributed by atoms with Crippen LogP contribution in [0.5, 0.6) is 0 Å². The van der Waals surface area contributed by atoms with Crippen LogP contribution in [-0.2, 0) is 14.4 Å². The number of amides is 4. The van der Waals surface area contributed by atoms with E-state index in [4.69, 9.17) is 11.6 Å². The highest BCUT2D eigenvalue weighted by molar-refractivity contribution is 7.10. The van der Waals surface area contributed by atoms with Crippen molar-refractivity contribution < 1.29 is 19.2 Å². The lowest BCUT2D eigenvalue weighted by Crippen LogP contribution is -2.58. The smallest absolute Gasteiger partial charge is 0.325 e. The van der Waals surface area contributed by atoms with Gasteiger partial charge in [-0.3, -0.25) is 19.3 Å². The molecule has 2 rings (SSSR count). The lowest BCUT2D eigenvalue weighted by molar-refractivity contribution is -0.153. The fraction of sp³-hybridized carbons (Fsp3) is 0.385. The Morgan fingerprint density at radius 2 is 2.09 bits per heavy atom. The molecule has 22 heavy (non-hydrogen) atoms. The minimum atomic E-state index is -1.04. The summed E-state index contributed by atoms with van der Waals surface area (Å²) < 4.78 is 0. The Labute approximate surface area is 135 Å². The maximum atomic E-state index is 12.2. The molecule has 1 unspecified atom stereocenters. The lowest BCUT2D eigenvalue weighted by Gasteiger charge is -2.32. The van der Waals surface area contributed by atoms with Gasteiger partial charge in [0.15, 0.2) is 0 Å². The molecule has 0 saturated carbocycles. The normalized spacial score (nSPS) is 16.6. The third-order valence-corrected chi connectivity index (χ3v) is 4.41. The van der Waals surface area contributed by atoms with E-state index in [-0.39, 0.29) is 13.1 Å². The first kappa shape index (κ1) is 16.4. The van der Waals surface area contributed by atoms with Crippen LogP contribution >= 0.6 is 22.9 Å². The maximum Gasteiger partial charge on any atom is 0.325 e. The van der Waals surface area contributed by atoms with E-state index < -0.39 is 29.1 Å². The Hall–Kier alpha value is -1.93. The van der Waals surface area contributed by atoms with E-state index in [9.17, 15) is 19.2 Å². The molecule has 1 atom stereocenters. The van der Waals surface area contributed by atoms with Crippen molar-refractivity contribution in [3.05, 3.63) is 22.4 Å². The van der Waals surface area contributed by atoms with E-state index in [1.807, 2.05) is 0 Å². The van der Waals surface area contributed by atoms with Gasteiger partial charge in [0.05, 0.1) is 0 Å². The molecule has 1 fully saturated rings. The number of nitrogens with zero attached hydrogens (tertiary/aromatic N) is 2. The van der Waals surface area contributed by atoms with Gasteiger partial charge in [0, 0.05) is 24.5 Å². The largest absolute Gasteiger partial charge is 0.333 e. The zero-order valence-corrected chi connectivity index (χ0v) is 13.3. The van der Waals surface area contributed by atoms with Crippen molar-refractivity contribution in [2.45, 2.75) is 13.0 Å². The Morgan fingerprint density at radius 3 is 2.64 bits per heavy atom. The molecular formula is C13H14ClN3O4S. The Bertz CT molecular complexity index is 604. The van der Waals surface area contributed by atoms with Gasteiger partial charge in [0.25, 0.3) is 0 Å². The van der Waals surface area contributed by atoms with Crippen LogP contribution in [0.4, 0.5) is 4.79 Å². The minimum Gasteiger partial charge on any atom is -0.333 e.